The molecule has 1 aliphatic rings. The molecule has 36 heavy (non-hydrogen) atoms. The molecule has 186 valence electrons. The summed E-state index contributed by atoms with van der Waals surface area (Å²) in [4.78, 5) is 28.2. The summed E-state index contributed by atoms with van der Waals surface area (Å²) >= 11 is 0. The molecule has 0 unspecified atom stereocenters. The minimum absolute atomic E-state index is 0.270. The fourth-order valence-electron chi connectivity index (χ4n) is 4.33. The number of carbonyl (C=O) groups is 2. The maximum absolute atomic E-state index is 13.3. The lowest BCUT2D eigenvalue weighted by Gasteiger charge is -2.20. The normalized spacial score (nSPS) is 18.1. The van der Waals surface area contributed by atoms with Gasteiger partial charge in [-0.1, -0.05) is 0 Å². The van der Waals surface area contributed by atoms with Crippen LogP contribution < -0.4 is 20.4 Å². The number of hydrazone groups is 1. The van der Waals surface area contributed by atoms with Crippen LogP contribution in [0.5, 0.6) is 5.75 Å². The van der Waals surface area contributed by atoms with E-state index in [4.69, 9.17) is 4.74 Å². The molecular formula is C28H30FN4O3+. The Morgan fingerprint density at radius 1 is 1.03 bits per heavy atom. The maximum Gasteiger partial charge on any atom is 0.304 e. The van der Waals surface area contributed by atoms with E-state index in [1.165, 1.54) is 24.3 Å². The van der Waals surface area contributed by atoms with Gasteiger partial charge in [0.15, 0.2) is 6.04 Å². The lowest BCUT2D eigenvalue weighted by atomic mass is 9.99. The first-order valence-corrected chi connectivity index (χ1v) is 11.9. The molecule has 2 amide bonds. The fourth-order valence-corrected chi connectivity index (χ4v) is 4.33. The minimum Gasteiger partial charge on any atom is -0.497 e. The van der Waals surface area contributed by atoms with Crippen molar-refractivity contribution in [1.29, 1.82) is 0 Å². The molecule has 0 aliphatic carbocycles. The molecular weight excluding hydrogens is 459 g/mol. The van der Waals surface area contributed by atoms with Crippen molar-refractivity contribution in [2.24, 2.45) is 0 Å². The Morgan fingerprint density at radius 2 is 1.67 bits per heavy atom. The fraction of sp³-hybridized carbons (Fsp3) is 0.250. The summed E-state index contributed by atoms with van der Waals surface area (Å²) in [5.41, 5.74) is 5.98. The highest BCUT2D eigenvalue weighted by Crippen LogP contribution is 2.27. The van der Waals surface area contributed by atoms with Gasteiger partial charge >= 0.3 is 5.91 Å². The number of carbonyl (C=O) groups excluding carboxylic acids is 2. The van der Waals surface area contributed by atoms with Gasteiger partial charge in [-0.15, -0.1) is 10.1 Å². The summed E-state index contributed by atoms with van der Waals surface area (Å²) in [6.45, 7) is 6.06. The molecule has 2 N–H and O–H groups in total. The third kappa shape index (κ3) is 5.38. The number of benzene rings is 3. The van der Waals surface area contributed by atoms with E-state index >= 15 is 0 Å². The van der Waals surface area contributed by atoms with Crippen LogP contribution in [-0.4, -0.2) is 49.0 Å². The lowest BCUT2D eigenvalue weighted by Crippen LogP contribution is -2.42. The van der Waals surface area contributed by atoms with E-state index in [1.807, 2.05) is 54.7 Å². The zero-order chi connectivity index (χ0) is 25.7. The summed E-state index contributed by atoms with van der Waals surface area (Å²) in [5, 5.41) is 2.82. The van der Waals surface area contributed by atoms with Gasteiger partial charge in [-0.2, -0.15) is 0 Å². The number of nitrogens with one attached hydrogen (secondary N) is 2. The smallest absolute Gasteiger partial charge is 0.304 e. The average molecular weight is 490 g/mol. The van der Waals surface area contributed by atoms with Gasteiger partial charge in [-0.25, -0.2) is 4.39 Å². The first-order chi connectivity index (χ1) is 17.4. The Balaban J connectivity index is 1.67. The van der Waals surface area contributed by atoms with Crippen molar-refractivity contribution in [2.75, 3.05) is 25.1 Å². The van der Waals surface area contributed by atoms with E-state index in [1.54, 1.807) is 11.8 Å². The van der Waals surface area contributed by atoms with Crippen molar-refractivity contribution < 1.29 is 23.4 Å². The van der Waals surface area contributed by atoms with E-state index in [-0.39, 0.29) is 11.5 Å². The molecule has 4 rings (SSSR count). The number of hydrazine groups is 1. The molecule has 8 heteroatoms. The van der Waals surface area contributed by atoms with Crippen LogP contribution >= 0.6 is 0 Å². The number of ether oxygens (including phenoxy) is 1. The molecule has 1 fully saturated rings. The van der Waals surface area contributed by atoms with Crippen LogP contribution in [0.2, 0.25) is 0 Å². The summed E-state index contributed by atoms with van der Waals surface area (Å²) in [7, 11) is 1.59. The van der Waals surface area contributed by atoms with Gasteiger partial charge < -0.3 is 15.0 Å². The molecule has 0 saturated carbocycles. The second kappa shape index (κ2) is 11.0. The van der Waals surface area contributed by atoms with E-state index in [0.717, 1.165) is 29.9 Å². The predicted molar refractivity (Wildman–Crippen MR) is 137 cm³/mol. The van der Waals surface area contributed by atoms with Crippen molar-refractivity contribution in [3.05, 3.63) is 95.3 Å². The Kier molecular flexibility index (Phi) is 7.63. The highest BCUT2D eigenvalue weighted by atomic mass is 19.1. The van der Waals surface area contributed by atoms with Crippen molar-refractivity contribution in [3.63, 3.8) is 0 Å². The first kappa shape index (κ1) is 24.9. The molecule has 0 radical (unpaired) electrons. The number of methoxy groups -OCH3 is 1. The predicted octanol–water partition coefficient (Wildman–Crippen LogP) is 3.70. The van der Waals surface area contributed by atoms with Crippen molar-refractivity contribution in [1.82, 2.24) is 10.7 Å². The average Bonchev–Trinajstić information content (AvgIpc) is 3.20. The summed E-state index contributed by atoms with van der Waals surface area (Å²) in [6.07, 6.45) is 1.85. The summed E-state index contributed by atoms with van der Waals surface area (Å²) in [6, 6.07) is 19.3. The summed E-state index contributed by atoms with van der Waals surface area (Å²) in [5.74, 6) is -0.555. The third-order valence-electron chi connectivity index (χ3n) is 6.30. The Labute approximate surface area is 210 Å². The first-order valence-electron chi connectivity index (χ1n) is 11.9. The number of rotatable bonds is 8. The van der Waals surface area contributed by atoms with Gasteiger partial charge in [-0.3, -0.25) is 9.59 Å². The monoisotopic (exact) mass is 489 g/mol. The number of hydrogen-bond acceptors (Lipinski definition) is 4. The molecule has 7 nitrogen and oxygen atoms in total. The van der Waals surface area contributed by atoms with Crippen molar-refractivity contribution in [2.45, 2.75) is 25.9 Å². The largest absolute Gasteiger partial charge is 0.497 e. The molecule has 2 atom stereocenters. The van der Waals surface area contributed by atoms with E-state index in [2.05, 4.69) is 29.5 Å². The van der Waals surface area contributed by atoms with Gasteiger partial charge in [0, 0.05) is 35.5 Å². The quantitative estimate of drug-likeness (QED) is 0.474. The number of nitrogens with zero attached hydrogens (tertiary/aromatic N) is 2. The van der Waals surface area contributed by atoms with Crippen molar-refractivity contribution in [3.8, 4) is 5.75 Å². The molecule has 3 aromatic carbocycles. The van der Waals surface area contributed by atoms with E-state index in [9.17, 15) is 14.0 Å². The van der Waals surface area contributed by atoms with Gasteiger partial charge in [0.2, 0.25) is 12.3 Å². The molecule has 1 heterocycles. The molecule has 3 aromatic rings. The number of anilines is 1. The third-order valence-corrected chi connectivity index (χ3v) is 6.30. The van der Waals surface area contributed by atoms with E-state index in [0.29, 0.717) is 5.75 Å². The molecule has 1 aliphatic heterocycles. The van der Waals surface area contributed by atoms with Crippen LogP contribution in [0, 0.1) is 5.82 Å². The second-order valence-electron chi connectivity index (χ2n) is 8.45. The van der Waals surface area contributed by atoms with Crippen LogP contribution in [0.15, 0.2) is 72.8 Å². The second-order valence-corrected chi connectivity index (χ2v) is 8.45. The number of halogens is 1. The van der Waals surface area contributed by atoms with Crippen LogP contribution in [0.1, 0.15) is 41.4 Å². The van der Waals surface area contributed by atoms with Crippen LogP contribution in [0.4, 0.5) is 10.1 Å². The SMILES string of the molecule is CCN(CC)c1ccc(/C=[N+]2\NC(=O)[C@H](NC(=O)c3ccc(F)cc3)[C@@H]2c2ccc(OC)cc2)cc1. The molecule has 0 spiro atoms. The Morgan fingerprint density at radius 3 is 2.25 bits per heavy atom. The Bertz CT molecular complexity index is 1240. The van der Waals surface area contributed by atoms with Gasteiger partial charge in [0.25, 0.3) is 5.91 Å². The van der Waals surface area contributed by atoms with Crippen LogP contribution in [0.3, 0.4) is 0 Å². The molecule has 0 bridgehead atoms. The van der Waals surface area contributed by atoms with Crippen LogP contribution in [-0.2, 0) is 4.79 Å². The number of hydrogen-bond donors (Lipinski definition) is 2. The van der Waals surface area contributed by atoms with Crippen LogP contribution in [0.25, 0.3) is 0 Å². The standard InChI is InChI=1S/C28H29FN4O3/c1-4-32(5-2)23-14-6-19(7-15-23)18-33-26(20-10-16-24(36-3)17-11-20)25(28(35)31-33)30-27(34)21-8-12-22(29)13-9-21/h6-18,25-26H,4-5H2,1-3H3,(H-,30,31,34,35)/p+1/t25-,26+/m1/s1. The lowest BCUT2D eigenvalue weighted by molar-refractivity contribution is -0.596. The maximum atomic E-state index is 13.3. The Hall–Kier alpha value is -4.20. The van der Waals surface area contributed by atoms with Gasteiger partial charge in [0.05, 0.1) is 7.11 Å². The highest BCUT2D eigenvalue weighted by molar-refractivity contribution is 5.98. The van der Waals surface area contributed by atoms with Gasteiger partial charge in [-0.05, 0) is 86.6 Å². The molecule has 1 saturated heterocycles. The summed E-state index contributed by atoms with van der Waals surface area (Å²) < 4.78 is 20.3. The van der Waals surface area contributed by atoms with E-state index < -0.39 is 23.8 Å². The van der Waals surface area contributed by atoms with Gasteiger partial charge in [0.1, 0.15) is 11.6 Å². The molecule has 0 aromatic heterocycles. The minimum atomic E-state index is -0.873. The zero-order valence-corrected chi connectivity index (χ0v) is 20.6. The highest BCUT2D eigenvalue weighted by Gasteiger charge is 2.47. The zero-order valence-electron chi connectivity index (χ0n) is 20.6. The number of amides is 2. The topological polar surface area (TPSA) is 73.7 Å². The van der Waals surface area contributed by atoms with Crippen molar-refractivity contribution >= 4 is 23.7 Å².